The highest BCUT2D eigenvalue weighted by atomic mass is 32.2. The van der Waals surface area contributed by atoms with Crippen LogP contribution in [0.1, 0.15) is 0 Å². The van der Waals surface area contributed by atoms with Gasteiger partial charge in [-0.1, -0.05) is 6.08 Å². The average molecular weight is 342 g/mol. The van der Waals surface area contributed by atoms with E-state index in [1.165, 1.54) is 6.08 Å². The number of nitrogens with zero attached hydrogens (tertiary/aromatic N) is 1. The van der Waals surface area contributed by atoms with Crippen molar-refractivity contribution in [1.82, 2.24) is 9.62 Å². The van der Waals surface area contributed by atoms with Crippen molar-refractivity contribution in [2.45, 2.75) is 0 Å². The maximum atomic E-state index is 11.7. The summed E-state index contributed by atoms with van der Waals surface area (Å²) in [5.74, 6) is 0.907. The fourth-order valence-electron chi connectivity index (χ4n) is 1.70. The Morgan fingerprint density at radius 1 is 1.30 bits per heavy atom. The number of benzene rings is 1. The number of methoxy groups -OCH3 is 1. The predicted molar refractivity (Wildman–Crippen MR) is 88.1 cm³/mol. The summed E-state index contributed by atoms with van der Waals surface area (Å²) in [6.07, 6.45) is 2.58. The van der Waals surface area contributed by atoms with E-state index in [2.05, 4.69) is 11.9 Å². The lowest BCUT2D eigenvalue weighted by molar-refractivity contribution is -0.121. The average Bonchev–Trinajstić information content (AvgIpc) is 2.51. The first kappa shape index (κ1) is 19.0. The summed E-state index contributed by atoms with van der Waals surface area (Å²) in [5.41, 5.74) is 0. The molecule has 1 amide bonds. The standard InChI is InChI=1S/C15H22N2O5S/c1-4-9-16-15(18)12-17(23(3,19)20)10-11-22-14-7-5-13(21-2)6-8-14/h4-8H,1,9-12H2,2-3H3,(H,16,18). The molecule has 0 radical (unpaired) electrons. The zero-order valence-corrected chi connectivity index (χ0v) is 14.1. The van der Waals surface area contributed by atoms with Gasteiger partial charge in [-0.25, -0.2) is 8.42 Å². The maximum absolute atomic E-state index is 11.7. The van der Waals surface area contributed by atoms with Gasteiger partial charge in [0, 0.05) is 13.1 Å². The van der Waals surface area contributed by atoms with Gasteiger partial charge in [-0.15, -0.1) is 6.58 Å². The first-order valence-electron chi connectivity index (χ1n) is 6.96. The maximum Gasteiger partial charge on any atom is 0.235 e. The molecule has 0 fully saturated rings. The van der Waals surface area contributed by atoms with Crippen LogP contribution in [0.3, 0.4) is 0 Å². The van der Waals surface area contributed by atoms with Crippen LogP contribution in [0.2, 0.25) is 0 Å². The lowest BCUT2D eigenvalue weighted by Gasteiger charge is -2.19. The van der Waals surface area contributed by atoms with Crippen molar-refractivity contribution in [1.29, 1.82) is 0 Å². The molecule has 0 saturated carbocycles. The molecule has 0 bridgehead atoms. The minimum absolute atomic E-state index is 0.0758. The minimum atomic E-state index is -3.50. The summed E-state index contributed by atoms with van der Waals surface area (Å²) in [7, 11) is -1.94. The van der Waals surface area contributed by atoms with E-state index in [0.29, 0.717) is 18.0 Å². The molecule has 0 aromatic heterocycles. The lowest BCUT2D eigenvalue weighted by atomic mass is 10.3. The SMILES string of the molecule is C=CCNC(=O)CN(CCOc1ccc(OC)cc1)S(C)(=O)=O. The fourth-order valence-corrected chi connectivity index (χ4v) is 2.46. The highest BCUT2D eigenvalue weighted by Crippen LogP contribution is 2.16. The van der Waals surface area contributed by atoms with E-state index in [1.54, 1.807) is 31.4 Å². The fraction of sp³-hybridized carbons (Fsp3) is 0.400. The van der Waals surface area contributed by atoms with Crippen LogP contribution in [-0.4, -0.2) is 58.2 Å². The van der Waals surface area contributed by atoms with Gasteiger partial charge < -0.3 is 14.8 Å². The van der Waals surface area contributed by atoms with Crippen LogP contribution < -0.4 is 14.8 Å². The number of hydrogen-bond donors (Lipinski definition) is 1. The number of carbonyl (C=O) groups excluding carboxylic acids is 1. The van der Waals surface area contributed by atoms with Gasteiger partial charge in [0.05, 0.1) is 19.9 Å². The summed E-state index contributed by atoms with van der Waals surface area (Å²) in [6, 6.07) is 6.93. The molecule has 23 heavy (non-hydrogen) atoms. The summed E-state index contributed by atoms with van der Waals surface area (Å²) in [4.78, 5) is 11.6. The van der Waals surface area contributed by atoms with Crippen LogP contribution in [0.4, 0.5) is 0 Å². The Balaban J connectivity index is 2.53. The molecule has 8 heteroatoms. The molecule has 0 aliphatic rings. The van der Waals surface area contributed by atoms with Crippen molar-refractivity contribution in [3.8, 4) is 11.5 Å². The first-order chi connectivity index (χ1) is 10.9. The minimum Gasteiger partial charge on any atom is -0.497 e. The molecule has 0 aliphatic carbocycles. The zero-order chi connectivity index (χ0) is 17.3. The van der Waals surface area contributed by atoms with Crippen molar-refractivity contribution in [3.63, 3.8) is 0 Å². The van der Waals surface area contributed by atoms with Crippen molar-refractivity contribution >= 4 is 15.9 Å². The van der Waals surface area contributed by atoms with Crippen LogP contribution in [-0.2, 0) is 14.8 Å². The number of ether oxygens (including phenoxy) is 2. The summed E-state index contributed by atoms with van der Waals surface area (Å²) in [6.45, 7) is 3.73. The zero-order valence-electron chi connectivity index (χ0n) is 13.3. The van der Waals surface area contributed by atoms with Gasteiger partial charge in [0.2, 0.25) is 15.9 Å². The molecule has 0 spiro atoms. The number of carbonyl (C=O) groups is 1. The molecule has 128 valence electrons. The smallest absolute Gasteiger partial charge is 0.235 e. The number of amides is 1. The molecule has 0 saturated heterocycles. The molecule has 0 heterocycles. The quantitative estimate of drug-likeness (QED) is 0.631. The summed E-state index contributed by atoms with van der Waals surface area (Å²) < 4.78 is 35.0. The molecule has 1 N–H and O–H groups in total. The molecule has 0 unspecified atom stereocenters. The van der Waals surface area contributed by atoms with Crippen LogP contribution in [0.5, 0.6) is 11.5 Å². The van der Waals surface area contributed by atoms with Gasteiger partial charge in [0.15, 0.2) is 0 Å². The summed E-state index contributed by atoms with van der Waals surface area (Å²) >= 11 is 0. The Kier molecular flexibility index (Phi) is 7.56. The van der Waals surface area contributed by atoms with E-state index in [-0.39, 0.29) is 25.6 Å². The third-order valence-corrected chi connectivity index (χ3v) is 4.15. The number of sulfonamides is 1. The molecule has 1 aromatic rings. The second-order valence-corrected chi connectivity index (χ2v) is 6.70. The van der Waals surface area contributed by atoms with Crippen LogP contribution in [0.15, 0.2) is 36.9 Å². The Morgan fingerprint density at radius 2 is 1.91 bits per heavy atom. The molecule has 0 aliphatic heterocycles. The van der Waals surface area contributed by atoms with Gasteiger partial charge in [-0.05, 0) is 24.3 Å². The van der Waals surface area contributed by atoms with Crippen molar-refractivity contribution in [2.75, 3.05) is 39.6 Å². The van der Waals surface area contributed by atoms with E-state index in [4.69, 9.17) is 9.47 Å². The van der Waals surface area contributed by atoms with E-state index in [1.807, 2.05) is 0 Å². The van der Waals surface area contributed by atoms with Gasteiger partial charge in [0.1, 0.15) is 18.1 Å². The van der Waals surface area contributed by atoms with Gasteiger partial charge >= 0.3 is 0 Å². The number of nitrogens with one attached hydrogen (secondary N) is 1. The second-order valence-electron chi connectivity index (χ2n) is 4.71. The highest BCUT2D eigenvalue weighted by molar-refractivity contribution is 7.88. The largest absolute Gasteiger partial charge is 0.497 e. The number of hydrogen-bond acceptors (Lipinski definition) is 5. The molecule has 1 aromatic carbocycles. The van der Waals surface area contributed by atoms with E-state index in [9.17, 15) is 13.2 Å². The monoisotopic (exact) mass is 342 g/mol. The Bertz CT molecular complexity index is 613. The number of rotatable bonds is 10. The normalized spacial score (nSPS) is 11.1. The Labute approximate surface area is 136 Å². The van der Waals surface area contributed by atoms with Crippen molar-refractivity contribution in [3.05, 3.63) is 36.9 Å². The molecule has 7 nitrogen and oxygen atoms in total. The van der Waals surface area contributed by atoms with E-state index in [0.717, 1.165) is 10.6 Å². The van der Waals surface area contributed by atoms with E-state index < -0.39 is 10.0 Å². The summed E-state index contributed by atoms with van der Waals surface area (Å²) in [5, 5.41) is 2.54. The van der Waals surface area contributed by atoms with Gasteiger partial charge in [0.25, 0.3) is 0 Å². The Hall–Kier alpha value is -2.06. The Morgan fingerprint density at radius 3 is 2.43 bits per heavy atom. The van der Waals surface area contributed by atoms with E-state index >= 15 is 0 Å². The second kappa shape index (κ2) is 9.16. The molecular formula is C15H22N2O5S. The van der Waals surface area contributed by atoms with Crippen LogP contribution in [0, 0.1) is 0 Å². The predicted octanol–water partition coefficient (Wildman–Crippen LogP) is 0.638. The van der Waals surface area contributed by atoms with Crippen molar-refractivity contribution < 1.29 is 22.7 Å². The van der Waals surface area contributed by atoms with Gasteiger partial charge in [-0.3, -0.25) is 4.79 Å². The van der Waals surface area contributed by atoms with Gasteiger partial charge in [-0.2, -0.15) is 4.31 Å². The topological polar surface area (TPSA) is 84.9 Å². The van der Waals surface area contributed by atoms with Crippen LogP contribution in [0.25, 0.3) is 0 Å². The van der Waals surface area contributed by atoms with Crippen LogP contribution >= 0.6 is 0 Å². The first-order valence-corrected chi connectivity index (χ1v) is 8.81. The third kappa shape index (κ3) is 7.16. The molecular weight excluding hydrogens is 320 g/mol. The highest BCUT2D eigenvalue weighted by Gasteiger charge is 2.19. The molecule has 1 rings (SSSR count). The van der Waals surface area contributed by atoms with Crippen molar-refractivity contribution in [2.24, 2.45) is 0 Å². The third-order valence-electron chi connectivity index (χ3n) is 2.90. The lowest BCUT2D eigenvalue weighted by Crippen LogP contribution is -2.42. The molecule has 0 atom stereocenters.